The molecule has 0 unspecified atom stereocenters. The molecule has 0 bridgehead atoms. The third-order valence-corrected chi connectivity index (χ3v) is 2.72. The molecule has 84 valence electrons. The molecule has 0 saturated carbocycles. The summed E-state index contributed by atoms with van der Waals surface area (Å²) in [5, 5.41) is 11.2. The monoisotopic (exact) mass is 217 g/mol. The van der Waals surface area contributed by atoms with E-state index in [1.165, 1.54) is 0 Å². The van der Waals surface area contributed by atoms with Gasteiger partial charge in [-0.1, -0.05) is 12.1 Å². The molecule has 0 amide bonds. The van der Waals surface area contributed by atoms with E-state index in [9.17, 15) is 0 Å². The molecule has 0 aliphatic carbocycles. The average Bonchev–Trinajstić information content (AvgIpc) is 2.64. The molecular formula is C11H15N5. The van der Waals surface area contributed by atoms with Gasteiger partial charge in [0.05, 0.1) is 0 Å². The Balaban J connectivity index is 2.59. The quantitative estimate of drug-likeness (QED) is 0.746. The third-order valence-electron chi connectivity index (χ3n) is 2.72. The third kappa shape index (κ3) is 1.50. The number of nitrogens with zero attached hydrogens (tertiary/aromatic N) is 3. The Morgan fingerprint density at radius 3 is 2.69 bits per heavy atom. The first-order valence-corrected chi connectivity index (χ1v) is 5.07. The first kappa shape index (κ1) is 10.5. The molecule has 0 atom stereocenters. The van der Waals surface area contributed by atoms with Crippen LogP contribution in [0.1, 0.15) is 5.56 Å². The molecule has 0 saturated heterocycles. The fourth-order valence-electron chi connectivity index (χ4n) is 1.68. The Morgan fingerprint density at radius 1 is 1.31 bits per heavy atom. The lowest BCUT2D eigenvalue weighted by molar-refractivity contribution is 0.924. The second-order valence-corrected chi connectivity index (χ2v) is 3.68. The molecule has 1 aromatic carbocycles. The van der Waals surface area contributed by atoms with Gasteiger partial charge in [-0.2, -0.15) is 0 Å². The Kier molecular flexibility index (Phi) is 2.52. The first-order chi connectivity index (χ1) is 7.65. The number of nitrogens with one attached hydrogen (secondary N) is 1. The predicted octanol–water partition coefficient (Wildman–Crippen LogP) is 1.41. The van der Waals surface area contributed by atoms with Crippen molar-refractivity contribution in [1.82, 2.24) is 14.8 Å². The number of hydrogen-bond donors (Lipinski definition) is 2. The number of nitrogen functional groups attached to an aromatic ring is 1. The van der Waals surface area contributed by atoms with Crippen molar-refractivity contribution in [3.8, 4) is 11.4 Å². The molecule has 5 nitrogen and oxygen atoms in total. The highest BCUT2D eigenvalue weighted by Crippen LogP contribution is 2.26. The van der Waals surface area contributed by atoms with Gasteiger partial charge in [0.15, 0.2) is 5.82 Å². The van der Waals surface area contributed by atoms with Crippen LogP contribution in [-0.2, 0) is 7.05 Å². The predicted molar refractivity (Wildman–Crippen MR) is 65.1 cm³/mol. The topological polar surface area (TPSA) is 68.8 Å². The zero-order valence-electron chi connectivity index (χ0n) is 9.65. The SMILES string of the molecule is CNc1nnc(-c2cccc(N)c2C)n1C. The van der Waals surface area contributed by atoms with Crippen molar-refractivity contribution in [2.45, 2.75) is 6.92 Å². The van der Waals surface area contributed by atoms with Crippen LogP contribution in [0, 0.1) is 6.92 Å². The van der Waals surface area contributed by atoms with Gasteiger partial charge in [-0.15, -0.1) is 10.2 Å². The minimum Gasteiger partial charge on any atom is -0.398 e. The lowest BCUT2D eigenvalue weighted by Crippen LogP contribution is -2.01. The van der Waals surface area contributed by atoms with E-state index in [1.807, 2.05) is 43.8 Å². The number of nitrogens with two attached hydrogens (primary N) is 1. The summed E-state index contributed by atoms with van der Waals surface area (Å²) in [5.41, 5.74) is 8.68. The molecule has 0 spiro atoms. The van der Waals surface area contributed by atoms with Gasteiger partial charge >= 0.3 is 0 Å². The largest absolute Gasteiger partial charge is 0.398 e. The van der Waals surface area contributed by atoms with Gasteiger partial charge in [0.1, 0.15) is 0 Å². The Bertz CT molecular complexity index is 515. The van der Waals surface area contributed by atoms with Crippen molar-refractivity contribution in [1.29, 1.82) is 0 Å². The molecule has 1 heterocycles. The van der Waals surface area contributed by atoms with Gasteiger partial charge < -0.3 is 11.1 Å². The zero-order chi connectivity index (χ0) is 11.7. The number of rotatable bonds is 2. The van der Waals surface area contributed by atoms with Crippen molar-refractivity contribution in [2.24, 2.45) is 7.05 Å². The first-order valence-electron chi connectivity index (χ1n) is 5.07. The summed E-state index contributed by atoms with van der Waals surface area (Å²) in [7, 11) is 3.74. The van der Waals surface area contributed by atoms with Gasteiger partial charge in [-0.25, -0.2) is 0 Å². The van der Waals surface area contributed by atoms with E-state index in [1.54, 1.807) is 0 Å². The zero-order valence-corrected chi connectivity index (χ0v) is 9.65. The summed E-state index contributed by atoms with van der Waals surface area (Å²) in [4.78, 5) is 0. The van der Waals surface area contributed by atoms with E-state index in [4.69, 9.17) is 5.73 Å². The molecule has 2 rings (SSSR count). The fourth-order valence-corrected chi connectivity index (χ4v) is 1.68. The summed E-state index contributed by atoms with van der Waals surface area (Å²) in [6.07, 6.45) is 0. The minimum absolute atomic E-state index is 0.733. The van der Waals surface area contributed by atoms with Gasteiger partial charge in [0.2, 0.25) is 5.95 Å². The highest BCUT2D eigenvalue weighted by molar-refractivity contribution is 5.68. The molecule has 1 aromatic heterocycles. The van der Waals surface area contributed by atoms with E-state index in [-0.39, 0.29) is 0 Å². The van der Waals surface area contributed by atoms with Crippen LogP contribution in [0.3, 0.4) is 0 Å². The second kappa shape index (κ2) is 3.84. The second-order valence-electron chi connectivity index (χ2n) is 3.68. The minimum atomic E-state index is 0.733. The number of aromatic nitrogens is 3. The van der Waals surface area contributed by atoms with E-state index >= 15 is 0 Å². The Hall–Kier alpha value is -2.04. The van der Waals surface area contributed by atoms with E-state index in [0.29, 0.717) is 0 Å². The summed E-state index contributed by atoms with van der Waals surface area (Å²) < 4.78 is 1.90. The summed E-state index contributed by atoms with van der Waals surface area (Å²) in [6, 6.07) is 5.80. The van der Waals surface area contributed by atoms with Crippen LogP contribution in [0.2, 0.25) is 0 Å². The summed E-state index contributed by atoms with van der Waals surface area (Å²) in [6.45, 7) is 1.98. The highest BCUT2D eigenvalue weighted by Gasteiger charge is 2.12. The van der Waals surface area contributed by atoms with Crippen LogP contribution in [0.5, 0.6) is 0 Å². The number of benzene rings is 1. The Labute approximate surface area is 94.3 Å². The van der Waals surface area contributed by atoms with Crippen LogP contribution in [-0.4, -0.2) is 21.8 Å². The fraction of sp³-hybridized carbons (Fsp3) is 0.273. The summed E-state index contributed by atoms with van der Waals surface area (Å²) in [5.74, 6) is 1.55. The van der Waals surface area contributed by atoms with Gasteiger partial charge in [-0.3, -0.25) is 4.57 Å². The molecular weight excluding hydrogens is 202 g/mol. The lowest BCUT2D eigenvalue weighted by atomic mass is 10.1. The normalized spacial score (nSPS) is 10.4. The van der Waals surface area contributed by atoms with Gasteiger partial charge in [0, 0.05) is 25.3 Å². The van der Waals surface area contributed by atoms with E-state index < -0.39 is 0 Å². The molecule has 0 radical (unpaired) electrons. The molecule has 5 heteroatoms. The molecule has 3 N–H and O–H groups in total. The number of anilines is 2. The van der Waals surface area contributed by atoms with Crippen molar-refractivity contribution in [3.05, 3.63) is 23.8 Å². The maximum atomic E-state index is 5.87. The molecule has 0 aliphatic heterocycles. The van der Waals surface area contributed by atoms with Crippen LogP contribution in [0.15, 0.2) is 18.2 Å². The van der Waals surface area contributed by atoms with E-state index in [2.05, 4.69) is 15.5 Å². The highest BCUT2D eigenvalue weighted by atomic mass is 15.3. The van der Waals surface area contributed by atoms with Gasteiger partial charge in [0.25, 0.3) is 0 Å². The lowest BCUT2D eigenvalue weighted by Gasteiger charge is -2.08. The summed E-state index contributed by atoms with van der Waals surface area (Å²) >= 11 is 0. The Morgan fingerprint density at radius 2 is 2.06 bits per heavy atom. The molecule has 2 aromatic rings. The molecule has 0 aliphatic rings. The van der Waals surface area contributed by atoms with Crippen LogP contribution < -0.4 is 11.1 Å². The van der Waals surface area contributed by atoms with Crippen molar-refractivity contribution < 1.29 is 0 Å². The average molecular weight is 217 g/mol. The number of hydrogen-bond acceptors (Lipinski definition) is 4. The smallest absolute Gasteiger partial charge is 0.224 e. The van der Waals surface area contributed by atoms with E-state index in [0.717, 1.165) is 28.6 Å². The van der Waals surface area contributed by atoms with Crippen LogP contribution in [0.4, 0.5) is 11.6 Å². The van der Waals surface area contributed by atoms with Crippen LogP contribution >= 0.6 is 0 Å². The standard InChI is InChI=1S/C11H15N5/c1-7-8(5-4-6-9(7)12)10-14-15-11(13-2)16(10)3/h4-6H,12H2,1-3H3,(H,13,15). The maximum absolute atomic E-state index is 5.87. The molecule has 16 heavy (non-hydrogen) atoms. The maximum Gasteiger partial charge on any atom is 0.224 e. The molecule has 0 fully saturated rings. The van der Waals surface area contributed by atoms with Crippen molar-refractivity contribution >= 4 is 11.6 Å². The van der Waals surface area contributed by atoms with Gasteiger partial charge in [-0.05, 0) is 18.6 Å². The van der Waals surface area contributed by atoms with Crippen LogP contribution in [0.25, 0.3) is 11.4 Å². The van der Waals surface area contributed by atoms with Crippen molar-refractivity contribution in [3.63, 3.8) is 0 Å². The van der Waals surface area contributed by atoms with Crippen molar-refractivity contribution in [2.75, 3.05) is 18.1 Å².